The van der Waals surface area contributed by atoms with Crippen molar-refractivity contribution in [3.8, 4) is 6.07 Å². The summed E-state index contributed by atoms with van der Waals surface area (Å²) in [6, 6.07) is 10.8. The fourth-order valence-electron chi connectivity index (χ4n) is 3.51. The minimum atomic E-state index is -1.15. The average Bonchev–Trinajstić information content (AvgIpc) is 2.82. The van der Waals surface area contributed by atoms with E-state index >= 15 is 4.39 Å². The molecule has 0 amide bonds. The van der Waals surface area contributed by atoms with E-state index in [0.717, 1.165) is 19.1 Å². The number of benzene rings is 2. The molecule has 170 valence electrons. The summed E-state index contributed by atoms with van der Waals surface area (Å²) < 4.78 is 38.9. The normalized spacial score (nSPS) is 15.9. The molecule has 7 nitrogen and oxygen atoms in total. The van der Waals surface area contributed by atoms with Gasteiger partial charge in [0.1, 0.15) is 23.0 Å². The van der Waals surface area contributed by atoms with Crippen LogP contribution in [-0.4, -0.2) is 26.2 Å². The Kier molecular flexibility index (Phi) is 7.05. The molecule has 1 aliphatic heterocycles. The van der Waals surface area contributed by atoms with Crippen molar-refractivity contribution >= 4 is 45.2 Å². The van der Waals surface area contributed by atoms with Crippen LogP contribution in [0.5, 0.6) is 0 Å². The lowest BCUT2D eigenvalue weighted by Gasteiger charge is -2.36. The van der Waals surface area contributed by atoms with Crippen molar-refractivity contribution in [1.29, 1.82) is 5.26 Å². The van der Waals surface area contributed by atoms with Crippen molar-refractivity contribution in [3.63, 3.8) is 0 Å². The zero-order valence-electron chi connectivity index (χ0n) is 17.2. The number of nitrogens with two attached hydrogens (primary N) is 1. The number of ether oxygens (including phenoxy) is 2. The molecule has 1 atom stereocenters. The molecule has 0 aliphatic carbocycles. The Morgan fingerprint density at radius 2 is 1.79 bits per heavy atom. The molecule has 0 saturated heterocycles. The van der Waals surface area contributed by atoms with Gasteiger partial charge in [-0.3, -0.25) is 4.90 Å². The molecule has 1 unspecified atom stereocenters. The second-order valence-corrected chi connectivity index (χ2v) is 7.85. The average molecular weight is 539 g/mol. The third-order valence-electron chi connectivity index (χ3n) is 4.92. The monoisotopic (exact) mass is 537 g/mol. The van der Waals surface area contributed by atoms with Crippen LogP contribution in [0.3, 0.4) is 0 Å². The van der Waals surface area contributed by atoms with E-state index in [0.29, 0.717) is 11.6 Å². The summed E-state index contributed by atoms with van der Waals surface area (Å²) in [5, 5.41) is 9.40. The van der Waals surface area contributed by atoms with Gasteiger partial charge in [0.25, 0.3) is 0 Å². The Balaban J connectivity index is 2.50. The van der Waals surface area contributed by atoms with Crippen LogP contribution in [0.15, 0.2) is 63.5 Å². The lowest BCUT2D eigenvalue weighted by molar-refractivity contribution is -0.139. The van der Waals surface area contributed by atoms with Crippen LogP contribution in [0.2, 0.25) is 5.02 Å². The van der Waals surface area contributed by atoms with E-state index in [1.165, 1.54) is 0 Å². The predicted octanol–water partition coefficient (Wildman–Crippen LogP) is 4.28. The smallest absolute Gasteiger partial charge is 0.355 e. The van der Waals surface area contributed by atoms with Crippen molar-refractivity contribution in [3.05, 3.63) is 85.8 Å². The highest BCUT2D eigenvalue weighted by Gasteiger charge is 2.44. The number of methoxy groups -OCH3 is 2. The Hall–Kier alpha value is -3.42. The van der Waals surface area contributed by atoms with Gasteiger partial charge >= 0.3 is 11.9 Å². The van der Waals surface area contributed by atoms with E-state index in [4.69, 9.17) is 26.8 Å². The molecule has 1 heterocycles. The number of allylic oxidation sites excluding steroid dienone is 1. The minimum absolute atomic E-state index is 0.198. The zero-order valence-corrected chi connectivity index (χ0v) is 19.5. The number of carbonyl (C=O) groups excluding carboxylic acids is 2. The van der Waals surface area contributed by atoms with E-state index in [1.54, 1.807) is 30.3 Å². The molecule has 0 spiro atoms. The summed E-state index contributed by atoms with van der Waals surface area (Å²) in [6.07, 6.45) is 0. The number of halogens is 4. The maximum absolute atomic E-state index is 15.1. The molecule has 11 heteroatoms. The third kappa shape index (κ3) is 4.05. The van der Waals surface area contributed by atoms with Gasteiger partial charge < -0.3 is 15.2 Å². The van der Waals surface area contributed by atoms with Gasteiger partial charge in [-0.05, 0) is 27.6 Å². The summed E-state index contributed by atoms with van der Waals surface area (Å²) in [6.45, 7) is 0. The van der Waals surface area contributed by atoms with Crippen LogP contribution in [0.1, 0.15) is 11.5 Å². The molecule has 2 N–H and O–H groups in total. The summed E-state index contributed by atoms with van der Waals surface area (Å²) in [5.74, 6) is -5.79. The molecule has 3 rings (SSSR count). The van der Waals surface area contributed by atoms with Gasteiger partial charge in [0.2, 0.25) is 0 Å². The second-order valence-electron chi connectivity index (χ2n) is 6.65. The van der Waals surface area contributed by atoms with Crippen LogP contribution in [-0.2, 0) is 19.1 Å². The van der Waals surface area contributed by atoms with Crippen molar-refractivity contribution in [2.24, 2.45) is 5.73 Å². The van der Waals surface area contributed by atoms with E-state index < -0.39 is 56.2 Å². The van der Waals surface area contributed by atoms with Crippen LogP contribution in [0, 0.1) is 23.0 Å². The predicted molar refractivity (Wildman–Crippen MR) is 119 cm³/mol. The van der Waals surface area contributed by atoms with Gasteiger partial charge in [0, 0.05) is 0 Å². The highest BCUT2D eigenvalue weighted by atomic mass is 79.9. The van der Waals surface area contributed by atoms with Gasteiger partial charge in [-0.2, -0.15) is 5.26 Å². The standard InChI is InChI=1S/C22H15BrClF2N3O4/c1-32-21(30)15-14(10-6-4-3-5-7-10)11(9-27)20(28)29(19(15)22(31)33-2)18-13(25)8-12(24)17(26)16(18)23/h3-8,14H,28H2,1-2H3. The van der Waals surface area contributed by atoms with Crippen molar-refractivity contribution in [2.75, 3.05) is 19.1 Å². The molecule has 2 aromatic carbocycles. The number of carbonyl (C=O) groups is 2. The first kappa shape index (κ1) is 24.2. The second kappa shape index (κ2) is 9.60. The molecular formula is C22H15BrClF2N3O4. The van der Waals surface area contributed by atoms with Gasteiger partial charge in [-0.25, -0.2) is 18.4 Å². The molecule has 0 aromatic heterocycles. The highest BCUT2D eigenvalue weighted by molar-refractivity contribution is 9.10. The largest absolute Gasteiger partial charge is 0.466 e. The fourth-order valence-corrected chi connectivity index (χ4v) is 4.39. The number of rotatable bonds is 4. The zero-order chi connectivity index (χ0) is 24.4. The number of hydrogen-bond donors (Lipinski definition) is 1. The molecule has 0 radical (unpaired) electrons. The molecule has 0 saturated carbocycles. The summed E-state index contributed by atoms with van der Waals surface area (Å²) in [5.41, 5.74) is 5.01. The molecular weight excluding hydrogens is 524 g/mol. The van der Waals surface area contributed by atoms with Gasteiger partial charge in [-0.1, -0.05) is 41.9 Å². The Bertz CT molecular complexity index is 1260. The number of nitriles is 1. The summed E-state index contributed by atoms with van der Waals surface area (Å²) >= 11 is 8.64. The quantitative estimate of drug-likeness (QED) is 0.352. The van der Waals surface area contributed by atoms with E-state index in [9.17, 15) is 19.2 Å². The molecule has 0 fully saturated rings. The number of nitrogens with zero attached hydrogens (tertiary/aromatic N) is 2. The molecule has 0 bridgehead atoms. The van der Waals surface area contributed by atoms with Crippen LogP contribution < -0.4 is 10.6 Å². The van der Waals surface area contributed by atoms with E-state index in [1.807, 2.05) is 6.07 Å². The highest BCUT2D eigenvalue weighted by Crippen LogP contribution is 2.46. The summed E-state index contributed by atoms with van der Waals surface area (Å²) in [4.78, 5) is 26.6. The van der Waals surface area contributed by atoms with Crippen molar-refractivity contribution in [1.82, 2.24) is 0 Å². The van der Waals surface area contributed by atoms with Crippen LogP contribution in [0.25, 0.3) is 0 Å². The fraction of sp³-hybridized carbons (Fsp3) is 0.136. The van der Waals surface area contributed by atoms with E-state index in [-0.39, 0.29) is 11.1 Å². The maximum Gasteiger partial charge on any atom is 0.355 e. The van der Waals surface area contributed by atoms with Crippen molar-refractivity contribution < 1.29 is 27.8 Å². The molecule has 2 aromatic rings. The summed E-state index contributed by atoms with van der Waals surface area (Å²) in [7, 11) is 2.11. The van der Waals surface area contributed by atoms with Gasteiger partial charge in [0.15, 0.2) is 5.82 Å². The third-order valence-corrected chi connectivity index (χ3v) is 5.92. The first-order valence-corrected chi connectivity index (χ1v) is 10.3. The van der Waals surface area contributed by atoms with Crippen LogP contribution in [0.4, 0.5) is 14.5 Å². The number of hydrogen-bond acceptors (Lipinski definition) is 7. The van der Waals surface area contributed by atoms with Crippen LogP contribution >= 0.6 is 27.5 Å². The lowest BCUT2D eigenvalue weighted by Crippen LogP contribution is -2.41. The Labute approximate surface area is 200 Å². The first-order valence-electron chi connectivity index (χ1n) is 9.18. The Morgan fingerprint density at radius 3 is 2.33 bits per heavy atom. The lowest BCUT2D eigenvalue weighted by atomic mass is 9.81. The van der Waals surface area contributed by atoms with Gasteiger partial charge in [-0.15, -0.1) is 0 Å². The number of anilines is 1. The maximum atomic E-state index is 15.1. The Morgan fingerprint density at radius 1 is 1.18 bits per heavy atom. The number of esters is 2. The molecule has 33 heavy (non-hydrogen) atoms. The van der Waals surface area contributed by atoms with Gasteiger partial charge in [0.05, 0.1) is 46.8 Å². The topological polar surface area (TPSA) is 106 Å². The first-order chi connectivity index (χ1) is 15.7. The molecule has 1 aliphatic rings. The minimum Gasteiger partial charge on any atom is -0.466 e. The SMILES string of the molecule is COC(=O)C1=C(C(=O)OC)N(c2c(F)cc(Cl)c(F)c2Br)C(N)=C(C#N)C1c1ccccc1. The van der Waals surface area contributed by atoms with Crippen molar-refractivity contribution in [2.45, 2.75) is 5.92 Å². The van der Waals surface area contributed by atoms with E-state index in [2.05, 4.69) is 15.9 Å².